The van der Waals surface area contributed by atoms with Gasteiger partial charge in [-0.15, -0.1) is 0 Å². The first-order valence-electron chi connectivity index (χ1n) is 11.5. The average molecular weight is 587 g/mol. The molecule has 0 unspecified atom stereocenters. The van der Waals surface area contributed by atoms with Crippen LogP contribution in [0.25, 0.3) is 0 Å². The van der Waals surface area contributed by atoms with Gasteiger partial charge in [0.2, 0.25) is 11.8 Å². The number of hydrogen-bond donors (Lipinski definition) is 2. The van der Waals surface area contributed by atoms with Gasteiger partial charge in [0.1, 0.15) is 11.5 Å². The number of nitrogens with zero attached hydrogens (tertiary/aromatic N) is 1. The lowest BCUT2D eigenvalue weighted by Crippen LogP contribution is -2.32. The van der Waals surface area contributed by atoms with Crippen LogP contribution in [-0.4, -0.2) is 38.0 Å². The Kier molecular flexibility index (Phi) is 8.68. The van der Waals surface area contributed by atoms with Crippen LogP contribution in [0.4, 0.5) is 11.4 Å². The zero-order valence-corrected chi connectivity index (χ0v) is 22.3. The molecule has 1 saturated heterocycles. The fraction of sp³-hybridized carbons (Fsp3) is 0.222. The summed E-state index contributed by atoms with van der Waals surface area (Å²) in [4.78, 5) is 39.0. The maximum Gasteiger partial charge on any atom is 0.262 e. The summed E-state index contributed by atoms with van der Waals surface area (Å²) in [6, 6.07) is 19.4. The molecule has 0 saturated carbocycles. The highest BCUT2D eigenvalue weighted by atomic mass is 79.9. The van der Waals surface area contributed by atoms with E-state index in [1.165, 1.54) is 0 Å². The second-order valence-electron chi connectivity index (χ2n) is 8.43. The van der Waals surface area contributed by atoms with Crippen LogP contribution in [0, 0.1) is 5.92 Å². The summed E-state index contributed by atoms with van der Waals surface area (Å²) < 4.78 is 11.5. The maximum absolute atomic E-state index is 12.7. The van der Waals surface area contributed by atoms with E-state index in [0.717, 1.165) is 15.8 Å². The number of anilines is 2. The molecule has 1 atom stereocenters. The summed E-state index contributed by atoms with van der Waals surface area (Å²) in [5.41, 5.74) is 2.09. The highest BCUT2D eigenvalue weighted by Crippen LogP contribution is 2.28. The lowest BCUT2D eigenvalue weighted by Gasteiger charge is -2.17. The van der Waals surface area contributed by atoms with Gasteiger partial charge in [0.15, 0.2) is 6.61 Å². The van der Waals surface area contributed by atoms with Crippen molar-refractivity contribution in [3.8, 4) is 11.5 Å². The molecule has 10 heteroatoms. The molecule has 3 amide bonds. The Bertz CT molecular complexity index is 1280. The van der Waals surface area contributed by atoms with Crippen molar-refractivity contribution < 1.29 is 23.9 Å². The molecular formula is C27H25BrClN3O5. The number of amides is 3. The standard InChI is InChI=1S/C27H25BrClN3O5/c1-36-21-7-2-17(3-8-21)14-30-27(35)18-12-26(34)32(15-18)20-5-9-22(10-6-20)37-16-25(33)31-24-11-4-19(28)13-23(24)29/h2-11,13,18H,12,14-16H2,1H3,(H,30,35)(H,31,33)/t18-/m1/s1. The predicted octanol–water partition coefficient (Wildman–Crippen LogP) is 4.80. The molecule has 37 heavy (non-hydrogen) atoms. The van der Waals surface area contributed by atoms with E-state index >= 15 is 0 Å². The molecule has 1 fully saturated rings. The summed E-state index contributed by atoms with van der Waals surface area (Å²) in [5, 5.41) is 6.01. The summed E-state index contributed by atoms with van der Waals surface area (Å²) in [7, 11) is 1.60. The molecule has 3 aromatic rings. The van der Waals surface area contributed by atoms with E-state index in [1.54, 1.807) is 54.5 Å². The van der Waals surface area contributed by atoms with Crippen LogP contribution in [0.15, 0.2) is 71.2 Å². The van der Waals surface area contributed by atoms with Crippen molar-refractivity contribution in [1.82, 2.24) is 5.32 Å². The molecular weight excluding hydrogens is 562 g/mol. The molecule has 0 spiro atoms. The van der Waals surface area contributed by atoms with Crippen molar-refractivity contribution in [2.75, 3.05) is 30.5 Å². The third-order valence-electron chi connectivity index (χ3n) is 5.85. The van der Waals surface area contributed by atoms with Crippen LogP contribution in [0.3, 0.4) is 0 Å². The Labute approximate surface area is 228 Å². The molecule has 0 radical (unpaired) electrons. The molecule has 8 nitrogen and oxygen atoms in total. The minimum Gasteiger partial charge on any atom is -0.497 e. The summed E-state index contributed by atoms with van der Waals surface area (Å²) in [6.07, 6.45) is 0.144. The van der Waals surface area contributed by atoms with Gasteiger partial charge in [-0.3, -0.25) is 14.4 Å². The molecule has 3 aromatic carbocycles. The van der Waals surface area contributed by atoms with Crippen molar-refractivity contribution in [2.45, 2.75) is 13.0 Å². The zero-order chi connectivity index (χ0) is 26.4. The van der Waals surface area contributed by atoms with Crippen molar-refractivity contribution >= 4 is 56.6 Å². The first-order chi connectivity index (χ1) is 17.8. The minimum absolute atomic E-state index is 0.121. The molecule has 1 heterocycles. The molecule has 1 aliphatic heterocycles. The largest absolute Gasteiger partial charge is 0.497 e. The highest BCUT2D eigenvalue weighted by molar-refractivity contribution is 9.10. The summed E-state index contributed by atoms with van der Waals surface area (Å²) >= 11 is 9.44. The third kappa shape index (κ3) is 7.02. The van der Waals surface area contributed by atoms with Crippen molar-refractivity contribution in [3.05, 3.63) is 81.8 Å². The van der Waals surface area contributed by atoms with Gasteiger partial charge in [-0.2, -0.15) is 0 Å². The fourth-order valence-electron chi connectivity index (χ4n) is 3.86. The van der Waals surface area contributed by atoms with E-state index in [0.29, 0.717) is 35.2 Å². The van der Waals surface area contributed by atoms with Crippen LogP contribution < -0.4 is 25.0 Å². The molecule has 2 N–H and O–H groups in total. The lowest BCUT2D eigenvalue weighted by molar-refractivity contribution is -0.126. The minimum atomic E-state index is -0.434. The Balaban J connectivity index is 1.26. The van der Waals surface area contributed by atoms with E-state index in [1.807, 2.05) is 24.3 Å². The second-order valence-corrected chi connectivity index (χ2v) is 9.75. The summed E-state index contributed by atoms with van der Waals surface area (Å²) in [6.45, 7) is 0.468. The van der Waals surface area contributed by atoms with Gasteiger partial charge in [-0.1, -0.05) is 39.7 Å². The van der Waals surface area contributed by atoms with Crippen molar-refractivity contribution in [3.63, 3.8) is 0 Å². The quantitative estimate of drug-likeness (QED) is 0.376. The van der Waals surface area contributed by atoms with Gasteiger partial charge in [-0.05, 0) is 60.2 Å². The molecule has 192 valence electrons. The van der Waals surface area contributed by atoms with Gasteiger partial charge >= 0.3 is 0 Å². The van der Waals surface area contributed by atoms with Gasteiger partial charge < -0.3 is 25.0 Å². The van der Waals surface area contributed by atoms with Crippen LogP contribution in [-0.2, 0) is 20.9 Å². The highest BCUT2D eigenvalue weighted by Gasteiger charge is 2.35. The molecule has 0 bridgehead atoms. The normalized spacial score (nSPS) is 14.8. The number of ether oxygens (including phenoxy) is 2. The van der Waals surface area contributed by atoms with Crippen molar-refractivity contribution in [2.24, 2.45) is 5.92 Å². The first kappa shape index (κ1) is 26.5. The molecule has 4 rings (SSSR count). The van der Waals surface area contributed by atoms with Crippen LogP contribution in [0.5, 0.6) is 11.5 Å². The predicted molar refractivity (Wildman–Crippen MR) is 145 cm³/mol. The second kappa shape index (κ2) is 12.1. The number of rotatable bonds is 9. The SMILES string of the molecule is COc1ccc(CNC(=O)[C@@H]2CC(=O)N(c3ccc(OCC(=O)Nc4ccc(Br)cc4Cl)cc3)C2)cc1. The van der Waals surface area contributed by atoms with Gasteiger partial charge in [0, 0.05) is 29.7 Å². The summed E-state index contributed by atoms with van der Waals surface area (Å²) in [5.74, 6) is 0.147. The first-order valence-corrected chi connectivity index (χ1v) is 12.7. The molecule has 1 aliphatic rings. The van der Waals surface area contributed by atoms with E-state index in [2.05, 4.69) is 26.6 Å². The van der Waals surface area contributed by atoms with Crippen LogP contribution >= 0.6 is 27.5 Å². The van der Waals surface area contributed by atoms with E-state index in [-0.39, 0.29) is 30.7 Å². The number of benzene rings is 3. The van der Waals surface area contributed by atoms with Gasteiger partial charge in [0.05, 0.1) is 23.7 Å². The Hall–Kier alpha value is -3.56. The van der Waals surface area contributed by atoms with Crippen LogP contribution in [0.1, 0.15) is 12.0 Å². The number of halogens is 2. The zero-order valence-electron chi connectivity index (χ0n) is 20.0. The topological polar surface area (TPSA) is 97.0 Å². The number of methoxy groups -OCH3 is 1. The number of carbonyl (C=O) groups is 3. The number of hydrogen-bond acceptors (Lipinski definition) is 5. The lowest BCUT2D eigenvalue weighted by atomic mass is 10.1. The average Bonchev–Trinajstić information content (AvgIpc) is 3.30. The van der Waals surface area contributed by atoms with Gasteiger partial charge in [-0.25, -0.2) is 0 Å². The maximum atomic E-state index is 12.7. The van der Waals surface area contributed by atoms with Gasteiger partial charge in [0.25, 0.3) is 5.91 Å². The number of carbonyl (C=O) groups excluding carboxylic acids is 3. The van der Waals surface area contributed by atoms with Crippen LogP contribution in [0.2, 0.25) is 5.02 Å². The molecule has 0 aliphatic carbocycles. The number of nitrogens with one attached hydrogen (secondary N) is 2. The Morgan fingerprint density at radius 1 is 1.05 bits per heavy atom. The molecule has 0 aromatic heterocycles. The Morgan fingerprint density at radius 3 is 2.43 bits per heavy atom. The van der Waals surface area contributed by atoms with E-state index < -0.39 is 5.92 Å². The van der Waals surface area contributed by atoms with E-state index in [4.69, 9.17) is 21.1 Å². The monoisotopic (exact) mass is 585 g/mol. The Morgan fingerprint density at radius 2 is 1.76 bits per heavy atom. The van der Waals surface area contributed by atoms with E-state index in [9.17, 15) is 14.4 Å². The third-order valence-corrected chi connectivity index (χ3v) is 6.65. The fourth-order valence-corrected chi connectivity index (χ4v) is 4.58. The van der Waals surface area contributed by atoms with Crippen molar-refractivity contribution in [1.29, 1.82) is 0 Å². The smallest absolute Gasteiger partial charge is 0.262 e.